The Labute approximate surface area is 171 Å². The molecular weight excluding hydrogens is 384 g/mol. The lowest BCUT2D eigenvalue weighted by molar-refractivity contribution is 0.102. The number of anilines is 1. The van der Waals surface area contributed by atoms with Crippen molar-refractivity contribution in [3.05, 3.63) is 95.5 Å². The first-order chi connectivity index (χ1) is 14.2. The van der Waals surface area contributed by atoms with Gasteiger partial charge >= 0.3 is 0 Å². The molecule has 0 aliphatic carbocycles. The van der Waals surface area contributed by atoms with Gasteiger partial charge in [-0.15, -0.1) is 10.2 Å². The topological polar surface area (TPSA) is 59.8 Å². The van der Waals surface area contributed by atoms with Crippen LogP contribution in [0, 0.1) is 0 Å². The van der Waals surface area contributed by atoms with Crippen LogP contribution >= 0.6 is 11.6 Å². The minimum Gasteiger partial charge on any atom is -0.322 e. The van der Waals surface area contributed by atoms with Crippen LogP contribution in [0.2, 0.25) is 5.02 Å². The quantitative estimate of drug-likeness (QED) is 0.437. The van der Waals surface area contributed by atoms with Gasteiger partial charge in [-0.2, -0.15) is 4.80 Å². The van der Waals surface area contributed by atoms with Gasteiger partial charge in [-0.3, -0.25) is 4.79 Å². The highest BCUT2D eigenvalue weighted by molar-refractivity contribution is 6.36. The first-order valence-electron chi connectivity index (χ1n) is 9.10. The van der Waals surface area contributed by atoms with Gasteiger partial charge in [0.05, 0.1) is 5.69 Å². The third-order valence-corrected chi connectivity index (χ3v) is 5.07. The highest BCUT2D eigenvalue weighted by Gasteiger charge is 2.13. The molecule has 0 radical (unpaired) electrons. The van der Waals surface area contributed by atoms with E-state index in [0.717, 1.165) is 22.0 Å². The summed E-state index contributed by atoms with van der Waals surface area (Å²) < 4.78 is 0. The number of hydrogen-bond donors (Lipinski definition) is 1. The molecule has 6 heteroatoms. The van der Waals surface area contributed by atoms with Crippen molar-refractivity contribution in [1.29, 1.82) is 0 Å². The van der Waals surface area contributed by atoms with Gasteiger partial charge < -0.3 is 5.32 Å². The van der Waals surface area contributed by atoms with E-state index >= 15 is 0 Å². The van der Waals surface area contributed by atoms with Crippen molar-refractivity contribution in [3.8, 4) is 5.69 Å². The number of halogens is 1. The minimum absolute atomic E-state index is 0.201. The van der Waals surface area contributed by atoms with Gasteiger partial charge in [0.2, 0.25) is 0 Å². The monoisotopic (exact) mass is 398 g/mol. The lowest BCUT2D eigenvalue weighted by Crippen LogP contribution is -2.12. The zero-order valence-electron chi connectivity index (χ0n) is 15.2. The number of aromatic nitrogens is 3. The summed E-state index contributed by atoms with van der Waals surface area (Å²) in [6.45, 7) is 0. The third-order valence-electron chi connectivity index (χ3n) is 4.74. The predicted octanol–water partition coefficient (Wildman–Crippen LogP) is 5.48. The molecule has 0 bridgehead atoms. The summed E-state index contributed by atoms with van der Waals surface area (Å²) in [4.78, 5) is 14.5. The van der Waals surface area contributed by atoms with Crippen molar-refractivity contribution >= 4 is 45.0 Å². The van der Waals surface area contributed by atoms with E-state index < -0.39 is 0 Å². The van der Waals surface area contributed by atoms with Crippen LogP contribution in [0.25, 0.3) is 27.5 Å². The average Bonchev–Trinajstić information content (AvgIpc) is 3.18. The van der Waals surface area contributed by atoms with E-state index in [1.165, 1.54) is 0 Å². The fourth-order valence-electron chi connectivity index (χ4n) is 3.34. The Morgan fingerprint density at radius 2 is 1.55 bits per heavy atom. The van der Waals surface area contributed by atoms with Gasteiger partial charge in [-0.05, 0) is 47.9 Å². The second kappa shape index (κ2) is 7.04. The predicted molar refractivity (Wildman–Crippen MR) is 116 cm³/mol. The van der Waals surface area contributed by atoms with Crippen LogP contribution in [0.15, 0.2) is 84.9 Å². The minimum atomic E-state index is -0.201. The fourth-order valence-corrected chi connectivity index (χ4v) is 3.57. The Bertz CT molecular complexity index is 1360. The molecule has 0 fully saturated rings. The Balaban J connectivity index is 1.48. The van der Waals surface area contributed by atoms with E-state index in [0.29, 0.717) is 21.8 Å². The summed E-state index contributed by atoms with van der Waals surface area (Å²) in [7, 11) is 0. The van der Waals surface area contributed by atoms with Crippen LogP contribution in [-0.2, 0) is 0 Å². The normalized spacial score (nSPS) is 11.1. The summed E-state index contributed by atoms with van der Waals surface area (Å²) >= 11 is 6.26. The molecule has 0 saturated carbocycles. The van der Waals surface area contributed by atoms with Gasteiger partial charge in [-0.25, -0.2) is 0 Å². The zero-order chi connectivity index (χ0) is 19.8. The number of amides is 1. The fraction of sp³-hybridized carbons (Fsp3) is 0. The molecular formula is C23H15ClN4O. The largest absolute Gasteiger partial charge is 0.322 e. The lowest BCUT2D eigenvalue weighted by Gasteiger charge is -2.09. The standard InChI is InChI=1S/C23H15ClN4O/c24-20-11-5-8-17-18(20)9-4-10-19(17)23(29)25-15-12-13-21-22(14-15)27-28(26-21)16-6-2-1-3-7-16/h1-14H,(H,25,29). The zero-order valence-corrected chi connectivity index (χ0v) is 16.0. The smallest absolute Gasteiger partial charge is 0.256 e. The van der Waals surface area contributed by atoms with Crippen molar-refractivity contribution in [3.63, 3.8) is 0 Å². The van der Waals surface area contributed by atoms with E-state index in [2.05, 4.69) is 15.5 Å². The number of carbonyl (C=O) groups excluding carboxylic acids is 1. The molecule has 0 aliphatic heterocycles. The van der Waals surface area contributed by atoms with Crippen LogP contribution in [0.5, 0.6) is 0 Å². The van der Waals surface area contributed by atoms with Crippen molar-refractivity contribution in [1.82, 2.24) is 15.0 Å². The number of para-hydroxylation sites is 1. The second-order valence-corrected chi connectivity index (χ2v) is 7.03. The molecule has 0 unspecified atom stereocenters. The van der Waals surface area contributed by atoms with Crippen LogP contribution in [0.3, 0.4) is 0 Å². The van der Waals surface area contributed by atoms with Gasteiger partial charge in [-0.1, -0.05) is 54.1 Å². The van der Waals surface area contributed by atoms with Gasteiger partial charge in [0.1, 0.15) is 11.0 Å². The highest BCUT2D eigenvalue weighted by atomic mass is 35.5. The molecule has 5 rings (SSSR count). The van der Waals surface area contributed by atoms with E-state index in [1.807, 2.05) is 78.9 Å². The van der Waals surface area contributed by atoms with Gasteiger partial charge in [0.15, 0.2) is 0 Å². The summed E-state index contributed by atoms with van der Waals surface area (Å²) in [6, 6.07) is 26.3. The number of rotatable bonds is 3. The van der Waals surface area contributed by atoms with E-state index in [9.17, 15) is 4.79 Å². The van der Waals surface area contributed by atoms with Crippen LogP contribution in [0.1, 0.15) is 10.4 Å². The van der Waals surface area contributed by atoms with Crippen LogP contribution < -0.4 is 5.32 Å². The number of fused-ring (bicyclic) bond motifs is 2. The first kappa shape index (κ1) is 17.4. The van der Waals surface area contributed by atoms with Crippen molar-refractivity contribution < 1.29 is 4.79 Å². The highest BCUT2D eigenvalue weighted by Crippen LogP contribution is 2.27. The molecule has 1 aromatic heterocycles. The molecule has 0 aliphatic rings. The van der Waals surface area contributed by atoms with E-state index in [1.54, 1.807) is 10.9 Å². The van der Waals surface area contributed by atoms with Gasteiger partial charge in [0.25, 0.3) is 5.91 Å². The summed E-state index contributed by atoms with van der Waals surface area (Å²) in [5.41, 5.74) is 3.55. The van der Waals surface area contributed by atoms with Gasteiger partial charge in [0, 0.05) is 21.7 Å². The maximum Gasteiger partial charge on any atom is 0.256 e. The Morgan fingerprint density at radius 1 is 0.793 bits per heavy atom. The lowest BCUT2D eigenvalue weighted by atomic mass is 10.0. The molecule has 5 aromatic rings. The Kier molecular flexibility index (Phi) is 4.22. The van der Waals surface area contributed by atoms with Crippen molar-refractivity contribution in [2.24, 2.45) is 0 Å². The van der Waals surface area contributed by atoms with E-state index in [-0.39, 0.29) is 5.91 Å². The molecule has 0 saturated heterocycles. The molecule has 1 amide bonds. The number of carbonyl (C=O) groups is 1. The SMILES string of the molecule is O=C(Nc1ccc2nn(-c3ccccc3)nc2c1)c1cccc2c(Cl)cccc12. The molecule has 140 valence electrons. The summed E-state index contributed by atoms with van der Waals surface area (Å²) in [5.74, 6) is -0.201. The van der Waals surface area contributed by atoms with Crippen molar-refractivity contribution in [2.45, 2.75) is 0 Å². The van der Waals surface area contributed by atoms with Crippen LogP contribution in [-0.4, -0.2) is 20.9 Å². The summed E-state index contributed by atoms with van der Waals surface area (Å²) in [5, 5.41) is 14.2. The molecule has 4 aromatic carbocycles. The molecule has 1 heterocycles. The van der Waals surface area contributed by atoms with Crippen molar-refractivity contribution in [2.75, 3.05) is 5.32 Å². The number of nitrogens with zero attached hydrogens (tertiary/aromatic N) is 3. The average molecular weight is 399 g/mol. The van der Waals surface area contributed by atoms with E-state index in [4.69, 9.17) is 11.6 Å². The Morgan fingerprint density at radius 3 is 2.41 bits per heavy atom. The molecule has 0 atom stereocenters. The maximum atomic E-state index is 12.9. The number of benzene rings is 4. The number of hydrogen-bond acceptors (Lipinski definition) is 3. The third kappa shape index (κ3) is 3.22. The maximum absolute atomic E-state index is 12.9. The molecule has 0 spiro atoms. The first-order valence-corrected chi connectivity index (χ1v) is 9.48. The molecule has 29 heavy (non-hydrogen) atoms. The van der Waals surface area contributed by atoms with Crippen LogP contribution in [0.4, 0.5) is 5.69 Å². The summed E-state index contributed by atoms with van der Waals surface area (Å²) in [6.07, 6.45) is 0. The number of nitrogens with one attached hydrogen (secondary N) is 1. The Hall–Kier alpha value is -3.70. The molecule has 1 N–H and O–H groups in total. The molecule has 5 nitrogen and oxygen atoms in total. The second-order valence-electron chi connectivity index (χ2n) is 6.62.